The molecule has 0 amide bonds. The van der Waals surface area contributed by atoms with Crippen molar-refractivity contribution >= 4 is 15.9 Å². The Balaban J connectivity index is 2.32. The maximum absolute atomic E-state index is 6.09. The van der Waals surface area contributed by atoms with Crippen LogP contribution in [0, 0.1) is 0 Å². The molecule has 0 bridgehead atoms. The SMILES string of the molecule is CCC(CN)(Cc1ccc(Br)cn1)c1ccccc1. The molecule has 2 aromatic rings. The Morgan fingerprint density at radius 1 is 1.16 bits per heavy atom. The van der Waals surface area contributed by atoms with Crippen LogP contribution in [0.25, 0.3) is 0 Å². The Morgan fingerprint density at radius 3 is 2.42 bits per heavy atom. The Kier molecular flexibility index (Phi) is 4.72. The molecule has 0 saturated carbocycles. The van der Waals surface area contributed by atoms with Gasteiger partial charge in [-0.2, -0.15) is 0 Å². The number of nitrogens with zero attached hydrogens (tertiary/aromatic N) is 1. The van der Waals surface area contributed by atoms with Gasteiger partial charge in [-0.25, -0.2) is 0 Å². The molecule has 1 heterocycles. The highest BCUT2D eigenvalue weighted by molar-refractivity contribution is 9.10. The van der Waals surface area contributed by atoms with E-state index in [2.05, 4.69) is 58.2 Å². The highest BCUT2D eigenvalue weighted by atomic mass is 79.9. The zero-order valence-electron chi connectivity index (χ0n) is 11.1. The first-order chi connectivity index (χ1) is 9.20. The second-order valence-electron chi connectivity index (χ2n) is 4.85. The lowest BCUT2D eigenvalue weighted by molar-refractivity contribution is 0.414. The second-order valence-corrected chi connectivity index (χ2v) is 5.76. The summed E-state index contributed by atoms with van der Waals surface area (Å²) in [6, 6.07) is 14.6. The average molecular weight is 319 g/mol. The third-order valence-corrected chi connectivity index (χ3v) is 4.23. The van der Waals surface area contributed by atoms with Gasteiger partial charge in [0.2, 0.25) is 0 Å². The molecule has 0 fully saturated rings. The fraction of sp³-hybridized carbons (Fsp3) is 0.312. The number of pyridine rings is 1. The monoisotopic (exact) mass is 318 g/mol. The van der Waals surface area contributed by atoms with Gasteiger partial charge in [-0.15, -0.1) is 0 Å². The van der Waals surface area contributed by atoms with Crippen LogP contribution in [0.2, 0.25) is 0 Å². The molecule has 2 nitrogen and oxygen atoms in total. The zero-order valence-corrected chi connectivity index (χ0v) is 12.7. The second kappa shape index (κ2) is 6.31. The van der Waals surface area contributed by atoms with Crippen LogP contribution in [0.15, 0.2) is 53.1 Å². The van der Waals surface area contributed by atoms with Gasteiger partial charge < -0.3 is 5.73 Å². The first-order valence-electron chi connectivity index (χ1n) is 6.56. The molecule has 0 spiro atoms. The molecule has 0 aliphatic rings. The molecule has 1 aromatic heterocycles. The Hall–Kier alpha value is -1.19. The molecular formula is C16H19BrN2. The number of rotatable bonds is 5. The normalized spacial score (nSPS) is 14.1. The number of hydrogen-bond acceptors (Lipinski definition) is 2. The standard InChI is InChI=1S/C16H19BrN2/c1-2-16(12-18,13-6-4-3-5-7-13)10-15-9-8-14(17)11-19-15/h3-9,11H,2,10,12,18H2,1H3. The van der Waals surface area contributed by atoms with Gasteiger partial charge in [-0.05, 0) is 40.0 Å². The molecular weight excluding hydrogens is 300 g/mol. The fourth-order valence-corrected chi connectivity index (χ4v) is 2.65. The number of halogens is 1. The lowest BCUT2D eigenvalue weighted by atomic mass is 9.74. The Morgan fingerprint density at radius 2 is 1.89 bits per heavy atom. The van der Waals surface area contributed by atoms with Gasteiger partial charge in [0.05, 0.1) is 0 Å². The topological polar surface area (TPSA) is 38.9 Å². The molecule has 2 rings (SSSR count). The molecule has 3 heteroatoms. The van der Waals surface area contributed by atoms with E-state index in [0.29, 0.717) is 6.54 Å². The summed E-state index contributed by atoms with van der Waals surface area (Å²) in [5.41, 5.74) is 8.44. The maximum atomic E-state index is 6.09. The zero-order chi connectivity index (χ0) is 13.7. The minimum Gasteiger partial charge on any atom is -0.330 e. The third-order valence-electron chi connectivity index (χ3n) is 3.76. The van der Waals surface area contributed by atoms with Crippen molar-refractivity contribution in [2.24, 2.45) is 5.73 Å². The van der Waals surface area contributed by atoms with Crippen LogP contribution in [0.3, 0.4) is 0 Å². The molecule has 19 heavy (non-hydrogen) atoms. The van der Waals surface area contributed by atoms with E-state index in [0.717, 1.165) is 23.0 Å². The van der Waals surface area contributed by atoms with Gasteiger partial charge >= 0.3 is 0 Å². The van der Waals surface area contributed by atoms with E-state index in [9.17, 15) is 0 Å². The number of hydrogen-bond donors (Lipinski definition) is 1. The van der Waals surface area contributed by atoms with Crippen LogP contribution in [0.1, 0.15) is 24.6 Å². The summed E-state index contributed by atoms with van der Waals surface area (Å²) >= 11 is 3.42. The van der Waals surface area contributed by atoms with Crippen LogP contribution >= 0.6 is 15.9 Å². The average Bonchev–Trinajstić information content (AvgIpc) is 2.48. The van der Waals surface area contributed by atoms with Crippen molar-refractivity contribution in [3.8, 4) is 0 Å². The third kappa shape index (κ3) is 3.23. The van der Waals surface area contributed by atoms with Crippen molar-refractivity contribution in [1.29, 1.82) is 0 Å². The van der Waals surface area contributed by atoms with Crippen LogP contribution in [0.4, 0.5) is 0 Å². The Bertz CT molecular complexity index is 504. The number of aromatic nitrogens is 1. The summed E-state index contributed by atoms with van der Waals surface area (Å²) in [5.74, 6) is 0. The van der Waals surface area contributed by atoms with E-state index < -0.39 is 0 Å². The molecule has 2 N–H and O–H groups in total. The molecule has 0 radical (unpaired) electrons. The van der Waals surface area contributed by atoms with Crippen molar-refractivity contribution in [3.63, 3.8) is 0 Å². The largest absolute Gasteiger partial charge is 0.330 e. The highest BCUT2D eigenvalue weighted by Gasteiger charge is 2.29. The summed E-state index contributed by atoms with van der Waals surface area (Å²) < 4.78 is 1.01. The van der Waals surface area contributed by atoms with Crippen molar-refractivity contribution in [1.82, 2.24) is 4.98 Å². The summed E-state index contributed by atoms with van der Waals surface area (Å²) in [5, 5.41) is 0. The van der Waals surface area contributed by atoms with Crippen molar-refractivity contribution in [3.05, 3.63) is 64.4 Å². The maximum Gasteiger partial charge on any atom is 0.0413 e. The first kappa shape index (κ1) is 14.2. The van der Waals surface area contributed by atoms with E-state index in [4.69, 9.17) is 5.73 Å². The summed E-state index contributed by atoms with van der Waals surface area (Å²) in [6.07, 6.45) is 3.72. The van der Waals surface area contributed by atoms with Gasteiger partial charge in [0.15, 0.2) is 0 Å². The van der Waals surface area contributed by atoms with E-state index >= 15 is 0 Å². The van der Waals surface area contributed by atoms with Gasteiger partial charge in [0.1, 0.15) is 0 Å². The summed E-state index contributed by atoms with van der Waals surface area (Å²) in [7, 11) is 0. The number of nitrogens with two attached hydrogens (primary N) is 1. The molecule has 1 unspecified atom stereocenters. The fourth-order valence-electron chi connectivity index (χ4n) is 2.41. The summed E-state index contributed by atoms with van der Waals surface area (Å²) in [6.45, 7) is 2.82. The lowest BCUT2D eigenvalue weighted by Gasteiger charge is -2.32. The Labute approximate surface area is 123 Å². The van der Waals surface area contributed by atoms with E-state index in [1.807, 2.05) is 18.3 Å². The number of benzene rings is 1. The first-order valence-corrected chi connectivity index (χ1v) is 7.35. The molecule has 0 aliphatic carbocycles. The molecule has 0 saturated heterocycles. The van der Waals surface area contributed by atoms with Crippen molar-refractivity contribution < 1.29 is 0 Å². The van der Waals surface area contributed by atoms with Crippen molar-refractivity contribution in [2.45, 2.75) is 25.2 Å². The molecule has 1 atom stereocenters. The van der Waals surface area contributed by atoms with E-state index in [-0.39, 0.29) is 5.41 Å². The van der Waals surface area contributed by atoms with Crippen molar-refractivity contribution in [2.75, 3.05) is 6.54 Å². The van der Waals surface area contributed by atoms with E-state index in [1.54, 1.807) is 0 Å². The molecule has 0 aliphatic heterocycles. The van der Waals surface area contributed by atoms with Crippen LogP contribution in [-0.2, 0) is 11.8 Å². The predicted octanol–water partition coefficient (Wildman–Crippen LogP) is 3.69. The van der Waals surface area contributed by atoms with Gasteiger partial charge in [-0.1, -0.05) is 37.3 Å². The van der Waals surface area contributed by atoms with Crippen LogP contribution < -0.4 is 5.73 Å². The molecule has 100 valence electrons. The lowest BCUT2D eigenvalue weighted by Crippen LogP contribution is -2.37. The summed E-state index contributed by atoms with van der Waals surface area (Å²) in [4.78, 5) is 4.48. The van der Waals surface area contributed by atoms with Crippen LogP contribution in [-0.4, -0.2) is 11.5 Å². The minimum atomic E-state index is -0.0257. The van der Waals surface area contributed by atoms with E-state index in [1.165, 1.54) is 5.56 Å². The molecule has 1 aromatic carbocycles. The highest BCUT2D eigenvalue weighted by Crippen LogP contribution is 2.30. The van der Waals surface area contributed by atoms with Gasteiger partial charge in [-0.3, -0.25) is 4.98 Å². The quantitative estimate of drug-likeness (QED) is 0.913. The van der Waals surface area contributed by atoms with Gasteiger partial charge in [0, 0.05) is 34.7 Å². The van der Waals surface area contributed by atoms with Crippen LogP contribution in [0.5, 0.6) is 0 Å². The minimum absolute atomic E-state index is 0.0257. The predicted molar refractivity (Wildman–Crippen MR) is 83.1 cm³/mol. The smallest absolute Gasteiger partial charge is 0.0413 e. The van der Waals surface area contributed by atoms with Gasteiger partial charge in [0.25, 0.3) is 0 Å².